The first-order valence-corrected chi connectivity index (χ1v) is 20.8. The summed E-state index contributed by atoms with van der Waals surface area (Å²) in [7, 11) is 0. The normalized spacial score (nSPS) is 13.3. The van der Waals surface area contributed by atoms with E-state index in [0.717, 1.165) is 11.4 Å². The molecule has 270 valence electrons. The highest BCUT2D eigenvalue weighted by Crippen LogP contribution is 2.63. The van der Waals surface area contributed by atoms with E-state index in [9.17, 15) is 0 Å². The van der Waals surface area contributed by atoms with Gasteiger partial charge in [-0.2, -0.15) is 0 Å². The number of thiazole rings is 1. The molecule has 2 heterocycles. The molecule has 2 aliphatic carbocycles. The summed E-state index contributed by atoms with van der Waals surface area (Å²) in [4.78, 5) is 3.76. The van der Waals surface area contributed by atoms with Crippen molar-refractivity contribution in [1.82, 2.24) is 4.40 Å². The van der Waals surface area contributed by atoms with Crippen molar-refractivity contribution in [2.45, 2.75) is 5.41 Å². The van der Waals surface area contributed by atoms with Crippen molar-refractivity contribution < 1.29 is 0 Å². The Morgan fingerprint density at radius 1 is 0.397 bits per heavy atom. The number of hydrogen-bond acceptors (Lipinski definition) is 2. The fourth-order valence-electron chi connectivity index (χ4n) is 10.5. The van der Waals surface area contributed by atoms with Crippen molar-refractivity contribution in [3.8, 4) is 33.4 Å². The summed E-state index contributed by atoms with van der Waals surface area (Å²) in [5, 5.41) is 3.73. The first kappa shape index (κ1) is 31.9. The number of anilines is 3. The van der Waals surface area contributed by atoms with E-state index < -0.39 is 5.41 Å². The van der Waals surface area contributed by atoms with Gasteiger partial charge in [0.05, 0.1) is 26.8 Å². The molecule has 0 unspecified atom stereocenters. The molecule has 0 saturated carbocycles. The average molecular weight is 755 g/mol. The van der Waals surface area contributed by atoms with Crippen LogP contribution in [0.5, 0.6) is 0 Å². The molecular weight excluding hydrogens is 721 g/mol. The van der Waals surface area contributed by atoms with Crippen molar-refractivity contribution in [3.63, 3.8) is 0 Å². The number of rotatable bonds is 4. The largest absolute Gasteiger partial charge is 0.307 e. The summed E-state index contributed by atoms with van der Waals surface area (Å²) >= 11 is 1.87. The van der Waals surface area contributed by atoms with Crippen LogP contribution in [-0.2, 0) is 5.41 Å². The minimum absolute atomic E-state index is 0.436. The fraction of sp³-hybridized carbons (Fsp3) is 0.0182. The van der Waals surface area contributed by atoms with Crippen molar-refractivity contribution >= 4 is 65.1 Å². The molecule has 0 N–H and O–H groups in total. The monoisotopic (exact) mass is 754 g/mol. The Labute approximate surface area is 340 Å². The van der Waals surface area contributed by atoms with Gasteiger partial charge in [-0.25, -0.2) is 0 Å². The van der Waals surface area contributed by atoms with Crippen LogP contribution in [0.15, 0.2) is 206 Å². The Morgan fingerprint density at radius 2 is 1.00 bits per heavy atom. The Bertz CT molecular complexity index is 3410. The molecule has 58 heavy (non-hydrogen) atoms. The summed E-state index contributed by atoms with van der Waals surface area (Å²) < 4.78 is 3.76. The second-order valence-corrected chi connectivity index (χ2v) is 16.6. The molecule has 2 aromatic heterocycles. The number of aromatic nitrogens is 1. The predicted octanol–water partition coefficient (Wildman–Crippen LogP) is 14.9. The summed E-state index contributed by atoms with van der Waals surface area (Å²) in [6.07, 6.45) is 0. The highest BCUT2D eigenvalue weighted by Gasteiger charge is 2.51. The number of para-hydroxylation sites is 2. The zero-order valence-corrected chi connectivity index (χ0v) is 32.2. The van der Waals surface area contributed by atoms with E-state index in [4.69, 9.17) is 0 Å². The van der Waals surface area contributed by atoms with Crippen LogP contribution in [0.2, 0.25) is 0 Å². The minimum Gasteiger partial charge on any atom is -0.307 e. The quantitative estimate of drug-likeness (QED) is 0.174. The van der Waals surface area contributed by atoms with Crippen LogP contribution in [0.3, 0.4) is 0 Å². The Kier molecular flexibility index (Phi) is 6.56. The van der Waals surface area contributed by atoms with Crippen molar-refractivity contribution in [3.05, 3.63) is 229 Å². The van der Waals surface area contributed by atoms with Gasteiger partial charge in [0.15, 0.2) is 0 Å². The van der Waals surface area contributed by atoms with E-state index in [1.807, 2.05) is 11.3 Å². The smallest absolute Gasteiger partial charge is 0.126 e. The van der Waals surface area contributed by atoms with E-state index in [0.29, 0.717) is 0 Å². The third-order valence-corrected chi connectivity index (χ3v) is 13.9. The van der Waals surface area contributed by atoms with Crippen LogP contribution in [-0.4, -0.2) is 4.40 Å². The highest BCUT2D eigenvalue weighted by molar-refractivity contribution is 7.24. The van der Waals surface area contributed by atoms with E-state index >= 15 is 0 Å². The second kappa shape index (κ2) is 11.9. The van der Waals surface area contributed by atoms with E-state index in [2.05, 4.69) is 216 Å². The van der Waals surface area contributed by atoms with Gasteiger partial charge < -0.3 is 4.90 Å². The third-order valence-electron chi connectivity index (χ3n) is 12.8. The summed E-state index contributed by atoms with van der Waals surface area (Å²) in [6.45, 7) is 0. The number of nitrogens with zero attached hydrogens (tertiary/aromatic N) is 2. The zero-order valence-electron chi connectivity index (χ0n) is 31.4. The van der Waals surface area contributed by atoms with Gasteiger partial charge in [0.25, 0.3) is 0 Å². The Morgan fingerprint density at radius 3 is 1.76 bits per heavy atom. The number of fused-ring (bicyclic) bond motifs is 16. The molecule has 0 amide bonds. The van der Waals surface area contributed by atoms with Gasteiger partial charge in [0, 0.05) is 16.8 Å². The maximum absolute atomic E-state index is 2.53. The number of hydrogen-bond donors (Lipinski definition) is 0. The summed E-state index contributed by atoms with van der Waals surface area (Å²) in [5.41, 5.74) is 18.5. The van der Waals surface area contributed by atoms with Gasteiger partial charge in [0.2, 0.25) is 0 Å². The SMILES string of the molecule is c1ccc(N(c2ccc3c(c2)C2(c4ccccc4-c4ccccc42)c2ccccc2-3)c2c3cc(-c4cccc5ccccc45)ccc3n3c2sc2ccccc23)cc1. The molecular formula is C55H34N2S. The van der Waals surface area contributed by atoms with Gasteiger partial charge in [-0.3, -0.25) is 4.40 Å². The van der Waals surface area contributed by atoms with Gasteiger partial charge in [0.1, 0.15) is 4.83 Å². The molecule has 0 bridgehead atoms. The first-order chi connectivity index (χ1) is 28.8. The third kappa shape index (κ3) is 4.16. The molecule has 9 aromatic carbocycles. The molecule has 3 heteroatoms. The molecule has 0 radical (unpaired) electrons. The maximum atomic E-state index is 2.53. The van der Waals surface area contributed by atoms with Gasteiger partial charge in [-0.15, -0.1) is 11.3 Å². The lowest BCUT2D eigenvalue weighted by molar-refractivity contribution is 0.793. The standard InChI is InChI=1S/C55H34N2S/c1-2-17-37(18-3-1)56(38-30-31-44-43-22-8-11-26-48(43)55(49(44)34-38)46-24-9-6-20-41(46)42-21-7-10-25-47(42)55)53-45-33-36(40-23-14-16-35-15-4-5-19-39(35)40)29-32-50(45)57-51-27-12-13-28-52(51)58-54(53)57/h1-34H. The topological polar surface area (TPSA) is 7.65 Å². The average Bonchev–Trinajstić information content (AvgIpc) is 4.00. The van der Waals surface area contributed by atoms with Crippen LogP contribution in [0, 0.1) is 0 Å². The Hall–Kier alpha value is -7.20. The predicted molar refractivity (Wildman–Crippen MR) is 244 cm³/mol. The first-order valence-electron chi connectivity index (χ1n) is 20.0. The van der Waals surface area contributed by atoms with Crippen LogP contribution in [0.1, 0.15) is 22.3 Å². The van der Waals surface area contributed by atoms with E-state index in [1.54, 1.807) is 0 Å². The lowest BCUT2D eigenvalue weighted by atomic mass is 9.70. The van der Waals surface area contributed by atoms with Crippen LogP contribution in [0.4, 0.5) is 17.1 Å². The maximum Gasteiger partial charge on any atom is 0.126 e. The van der Waals surface area contributed by atoms with E-state index in [1.165, 1.54) is 98.0 Å². The molecule has 11 aromatic rings. The molecule has 2 aliphatic rings. The van der Waals surface area contributed by atoms with Crippen molar-refractivity contribution in [2.75, 3.05) is 4.90 Å². The minimum atomic E-state index is -0.436. The van der Waals surface area contributed by atoms with Gasteiger partial charge >= 0.3 is 0 Å². The van der Waals surface area contributed by atoms with E-state index in [-0.39, 0.29) is 0 Å². The molecule has 0 atom stereocenters. The van der Waals surface area contributed by atoms with Crippen LogP contribution >= 0.6 is 11.3 Å². The molecule has 0 fully saturated rings. The molecule has 0 saturated heterocycles. The highest BCUT2D eigenvalue weighted by atomic mass is 32.1. The second-order valence-electron chi connectivity index (χ2n) is 15.6. The van der Waals surface area contributed by atoms with Gasteiger partial charge in [-0.1, -0.05) is 158 Å². The molecule has 0 aliphatic heterocycles. The zero-order chi connectivity index (χ0) is 38.0. The lowest BCUT2D eigenvalue weighted by Crippen LogP contribution is -2.26. The molecule has 2 nitrogen and oxygen atoms in total. The molecule has 13 rings (SSSR count). The summed E-state index contributed by atoms with van der Waals surface area (Å²) in [5.74, 6) is 0. The van der Waals surface area contributed by atoms with Crippen LogP contribution < -0.4 is 4.90 Å². The van der Waals surface area contributed by atoms with Crippen molar-refractivity contribution in [2.24, 2.45) is 0 Å². The molecule has 1 spiro atoms. The lowest BCUT2D eigenvalue weighted by Gasteiger charge is -2.32. The fourth-order valence-corrected chi connectivity index (χ4v) is 11.7. The van der Waals surface area contributed by atoms with Gasteiger partial charge in [-0.05, 0) is 115 Å². The Balaban J connectivity index is 1.13. The van der Waals surface area contributed by atoms with Crippen molar-refractivity contribution in [1.29, 1.82) is 0 Å². The number of benzene rings is 9. The summed E-state index contributed by atoms with van der Waals surface area (Å²) in [6, 6.07) is 76.7. The van der Waals surface area contributed by atoms with Crippen LogP contribution in [0.25, 0.3) is 70.1 Å².